The maximum atomic E-state index is 12.5. The summed E-state index contributed by atoms with van der Waals surface area (Å²) in [5.74, 6) is -0.339. The fraction of sp³-hybridized carbons (Fsp3) is 0.211. The predicted octanol–water partition coefficient (Wildman–Crippen LogP) is 3.78. The van der Waals surface area contributed by atoms with E-state index in [1.54, 1.807) is 24.3 Å². The van der Waals surface area contributed by atoms with Crippen molar-refractivity contribution in [1.82, 2.24) is 14.9 Å². The highest BCUT2D eigenvalue weighted by Crippen LogP contribution is 2.29. The number of nitrogens with zero attached hydrogens (tertiary/aromatic N) is 1. The zero-order valence-corrected chi connectivity index (χ0v) is 15.4. The number of carbonyl (C=O) groups is 1. The molecule has 1 aromatic heterocycles. The van der Waals surface area contributed by atoms with Gasteiger partial charge in [-0.3, -0.25) is 14.2 Å². The lowest BCUT2D eigenvalue weighted by Crippen LogP contribution is -2.28. The summed E-state index contributed by atoms with van der Waals surface area (Å²) < 4.78 is 39.2. The van der Waals surface area contributed by atoms with Gasteiger partial charge in [0.15, 0.2) is 4.77 Å². The molecule has 1 amide bonds. The Morgan fingerprint density at radius 3 is 2.46 bits per heavy atom. The molecule has 9 heteroatoms. The highest BCUT2D eigenvalue weighted by Gasteiger charge is 2.29. The molecule has 2 aromatic carbocycles. The monoisotopic (exact) mass is 407 g/mol. The third-order valence-corrected chi connectivity index (χ3v) is 4.55. The molecular formula is C19H16F3N3O2S. The quantitative estimate of drug-likeness (QED) is 0.633. The van der Waals surface area contributed by atoms with Crippen LogP contribution >= 0.6 is 12.2 Å². The van der Waals surface area contributed by atoms with Crippen molar-refractivity contribution in [2.45, 2.75) is 25.7 Å². The summed E-state index contributed by atoms with van der Waals surface area (Å²) in [5.41, 5.74) is 0.143. The third-order valence-electron chi connectivity index (χ3n) is 4.22. The molecule has 0 aliphatic rings. The number of rotatable bonds is 5. The van der Waals surface area contributed by atoms with Gasteiger partial charge in [0.25, 0.3) is 5.56 Å². The van der Waals surface area contributed by atoms with Crippen molar-refractivity contribution < 1.29 is 18.0 Å². The maximum Gasteiger partial charge on any atom is 0.416 e. The number of benzene rings is 2. The van der Waals surface area contributed by atoms with Crippen LogP contribution in [0.3, 0.4) is 0 Å². The highest BCUT2D eigenvalue weighted by atomic mass is 32.1. The van der Waals surface area contributed by atoms with E-state index in [1.165, 1.54) is 16.7 Å². The minimum atomic E-state index is -4.40. The van der Waals surface area contributed by atoms with E-state index in [1.807, 2.05) is 0 Å². The van der Waals surface area contributed by atoms with Gasteiger partial charge in [-0.1, -0.05) is 24.3 Å². The van der Waals surface area contributed by atoms with E-state index in [0.717, 1.165) is 12.1 Å². The Balaban J connectivity index is 1.61. The third kappa shape index (κ3) is 4.48. The van der Waals surface area contributed by atoms with Crippen LogP contribution < -0.4 is 10.9 Å². The number of hydrogen-bond donors (Lipinski definition) is 2. The first-order valence-corrected chi connectivity index (χ1v) is 8.81. The number of aromatic amines is 1. The minimum absolute atomic E-state index is 0.0103. The van der Waals surface area contributed by atoms with E-state index in [2.05, 4.69) is 10.3 Å². The molecule has 0 spiro atoms. The Morgan fingerprint density at radius 1 is 1.11 bits per heavy atom. The second-order valence-electron chi connectivity index (χ2n) is 6.15. The lowest BCUT2D eigenvalue weighted by Gasteiger charge is -2.10. The van der Waals surface area contributed by atoms with Gasteiger partial charge in [-0.15, -0.1) is 0 Å². The Morgan fingerprint density at radius 2 is 1.79 bits per heavy atom. The second-order valence-corrected chi connectivity index (χ2v) is 6.54. The topological polar surface area (TPSA) is 66.9 Å². The first kappa shape index (κ1) is 19.8. The van der Waals surface area contributed by atoms with Crippen molar-refractivity contribution in [3.8, 4) is 0 Å². The summed E-state index contributed by atoms with van der Waals surface area (Å²) in [6.07, 6.45) is -4.38. The lowest BCUT2D eigenvalue weighted by molar-refractivity contribution is -0.137. The van der Waals surface area contributed by atoms with Gasteiger partial charge >= 0.3 is 6.18 Å². The average Bonchev–Trinajstić information content (AvgIpc) is 2.66. The van der Waals surface area contributed by atoms with Crippen molar-refractivity contribution in [3.05, 3.63) is 74.8 Å². The first-order chi connectivity index (χ1) is 13.3. The lowest BCUT2D eigenvalue weighted by atomic mass is 10.1. The van der Waals surface area contributed by atoms with Crippen LogP contribution in [-0.4, -0.2) is 15.5 Å². The molecule has 0 fully saturated rings. The second kappa shape index (κ2) is 7.97. The number of aromatic nitrogens is 2. The van der Waals surface area contributed by atoms with Gasteiger partial charge in [0.1, 0.15) is 0 Å². The van der Waals surface area contributed by atoms with E-state index in [9.17, 15) is 22.8 Å². The standard InChI is InChI=1S/C19H16F3N3O2S/c20-19(21,22)13-7-5-12(6-8-13)11-23-16(26)9-10-25-17(27)14-3-1-2-4-15(14)24-18(25)28/h1-8H,9-11H2,(H,23,26)(H,24,28). The summed E-state index contributed by atoms with van der Waals surface area (Å²) in [6.45, 7) is 0.189. The Labute approximate surface area is 162 Å². The van der Waals surface area contributed by atoms with Crippen LogP contribution in [0.25, 0.3) is 10.9 Å². The Bertz CT molecular complexity index is 1120. The van der Waals surface area contributed by atoms with Crippen LogP contribution in [0.2, 0.25) is 0 Å². The summed E-state index contributed by atoms with van der Waals surface area (Å²) in [6, 6.07) is 11.5. The molecule has 0 saturated heterocycles. The zero-order chi connectivity index (χ0) is 20.3. The van der Waals surface area contributed by atoms with E-state index in [0.29, 0.717) is 16.5 Å². The molecule has 0 atom stereocenters. The molecule has 0 aliphatic carbocycles. The van der Waals surface area contributed by atoms with E-state index >= 15 is 0 Å². The molecule has 1 heterocycles. The van der Waals surface area contributed by atoms with Gasteiger partial charge in [-0.2, -0.15) is 13.2 Å². The first-order valence-electron chi connectivity index (χ1n) is 8.40. The van der Waals surface area contributed by atoms with Crippen LogP contribution in [-0.2, 0) is 24.1 Å². The number of nitrogens with one attached hydrogen (secondary N) is 2. The van der Waals surface area contributed by atoms with Crippen LogP contribution in [0.4, 0.5) is 13.2 Å². The molecule has 5 nitrogen and oxygen atoms in total. The normalized spacial score (nSPS) is 11.5. The molecule has 3 rings (SSSR count). The van der Waals surface area contributed by atoms with Crippen molar-refractivity contribution in [2.24, 2.45) is 0 Å². The summed E-state index contributed by atoms with van der Waals surface area (Å²) in [4.78, 5) is 27.5. The van der Waals surface area contributed by atoms with E-state index in [-0.39, 0.29) is 35.7 Å². The van der Waals surface area contributed by atoms with Crippen molar-refractivity contribution >= 4 is 29.0 Å². The summed E-state index contributed by atoms with van der Waals surface area (Å²) in [5, 5.41) is 3.10. The molecule has 3 aromatic rings. The zero-order valence-electron chi connectivity index (χ0n) is 14.5. The van der Waals surface area contributed by atoms with Gasteiger partial charge in [-0.05, 0) is 42.0 Å². The molecular weight excluding hydrogens is 391 g/mol. The number of hydrogen-bond acceptors (Lipinski definition) is 3. The highest BCUT2D eigenvalue weighted by molar-refractivity contribution is 7.71. The molecule has 0 bridgehead atoms. The number of fused-ring (bicyclic) bond motifs is 1. The molecule has 146 valence electrons. The molecule has 28 heavy (non-hydrogen) atoms. The Hall–Kier alpha value is -2.94. The molecule has 0 radical (unpaired) electrons. The van der Waals surface area contributed by atoms with Gasteiger partial charge in [0.05, 0.1) is 16.5 Å². The largest absolute Gasteiger partial charge is 0.416 e. The predicted molar refractivity (Wildman–Crippen MR) is 101 cm³/mol. The van der Waals surface area contributed by atoms with E-state index < -0.39 is 11.7 Å². The molecule has 2 N–H and O–H groups in total. The minimum Gasteiger partial charge on any atom is -0.352 e. The van der Waals surface area contributed by atoms with Gasteiger partial charge < -0.3 is 10.3 Å². The Kier molecular flexibility index (Phi) is 5.64. The van der Waals surface area contributed by atoms with Crippen molar-refractivity contribution in [2.75, 3.05) is 0 Å². The van der Waals surface area contributed by atoms with Crippen LogP contribution in [0.15, 0.2) is 53.3 Å². The number of halogens is 3. The fourth-order valence-electron chi connectivity index (χ4n) is 2.72. The summed E-state index contributed by atoms with van der Waals surface area (Å²) in [7, 11) is 0. The van der Waals surface area contributed by atoms with Crippen LogP contribution in [0.5, 0.6) is 0 Å². The number of H-pyrrole nitrogens is 1. The number of alkyl halides is 3. The molecule has 0 unspecified atom stereocenters. The number of carbonyl (C=O) groups excluding carboxylic acids is 1. The van der Waals surface area contributed by atoms with Gasteiger partial charge in [-0.25, -0.2) is 0 Å². The molecule has 0 aliphatic heterocycles. The summed E-state index contributed by atoms with van der Waals surface area (Å²) >= 11 is 5.19. The smallest absolute Gasteiger partial charge is 0.352 e. The van der Waals surface area contributed by atoms with Crippen molar-refractivity contribution in [3.63, 3.8) is 0 Å². The van der Waals surface area contributed by atoms with Gasteiger partial charge in [0, 0.05) is 19.5 Å². The number of para-hydroxylation sites is 1. The van der Waals surface area contributed by atoms with Crippen LogP contribution in [0, 0.1) is 4.77 Å². The SMILES string of the molecule is O=C(CCn1c(=S)[nH]c2ccccc2c1=O)NCc1ccc(C(F)(F)F)cc1. The molecule has 0 saturated carbocycles. The van der Waals surface area contributed by atoms with Crippen LogP contribution in [0.1, 0.15) is 17.5 Å². The van der Waals surface area contributed by atoms with Crippen molar-refractivity contribution in [1.29, 1.82) is 0 Å². The maximum absolute atomic E-state index is 12.5. The van der Waals surface area contributed by atoms with E-state index in [4.69, 9.17) is 12.2 Å². The number of amides is 1. The fourth-order valence-corrected chi connectivity index (χ4v) is 3.00. The average molecular weight is 407 g/mol. The van der Waals surface area contributed by atoms with Gasteiger partial charge in [0.2, 0.25) is 5.91 Å².